The van der Waals surface area contributed by atoms with Crippen LogP contribution in [-0.4, -0.2) is 20.2 Å². The quantitative estimate of drug-likeness (QED) is 0.640. The number of hydrogen-bond donors (Lipinski definition) is 2. The number of thioether (sulfide) groups is 1. The van der Waals surface area contributed by atoms with E-state index in [9.17, 15) is 0 Å². The fraction of sp³-hybridized carbons (Fsp3) is 0.111. The zero-order valence-electron chi connectivity index (χ0n) is 8.67. The van der Waals surface area contributed by atoms with E-state index >= 15 is 0 Å². The second kappa shape index (κ2) is 5.15. The third-order valence-corrected chi connectivity index (χ3v) is 2.86. The third-order valence-electron chi connectivity index (χ3n) is 1.78. The van der Waals surface area contributed by atoms with Crippen molar-refractivity contribution in [2.45, 2.75) is 10.9 Å². The van der Waals surface area contributed by atoms with Gasteiger partial charge in [0.15, 0.2) is 10.3 Å². The Kier molecular flexibility index (Phi) is 3.60. The maximum absolute atomic E-state index is 5.63. The van der Waals surface area contributed by atoms with Gasteiger partial charge in [-0.25, -0.2) is 9.97 Å². The summed E-state index contributed by atoms with van der Waals surface area (Å²) in [6.45, 7) is 0. The van der Waals surface area contributed by atoms with Gasteiger partial charge in [0.05, 0.1) is 5.69 Å². The van der Waals surface area contributed by atoms with Gasteiger partial charge in [0.1, 0.15) is 11.6 Å². The van der Waals surface area contributed by atoms with Crippen molar-refractivity contribution < 1.29 is 0 Å². The van der Waals surface area contributed by atoms with E-state index < -0.39 is 0 Å². The Morgan fingerprint density at radius 2 is 1.82 bits per heavy atom. The number of hydrogen-bond acceptors (Lipinski definition) is 7. The van der Waals surface area contributed by atoms with Crippen LogP contribution < -0.4 is 11.5 Å². The summed E-state index contributed by atoms with van der Waals surface area (Å²) in [6.07, 6.45) is 0. The molecule has 17 heavy (non-hydrogen) atoms. The zero-order valence-corrected chi connectivity index (χ0v) is 10.2. The maximum Gasteiger partial charge on any atom is 0.191 e. The molecule has 0 saturated heterocycles. The summed E-state index contributed by atoms with van der Waals surface area (Å²) >= 11 is 7.01. The molecular formula is C9H9ClN6S. The van der Waals surface area contributed by atoms with Crippen LogP contribution in [0.25, 0.3) is 0 Å². The van der Waals surface area contributed by atoms with E-state index in [2.05, 4.69) is 20.2 Å². The Morgan fingerprint density at radius 1 is 1.12 bits per heavy atom. The summed E-state index contributed by atoms with van der Waals surface area (Å²) in [5.74, 6) is 1.27. The minimum atomic E-state index is 0.349. The lowest BCUT2D eigenvalue weighted by Crippen LogP contribution is -1.99. The van der Waals surface area contributed by atoms with Gasteiger partial charge in [-0.3, -0.25) is 0 Å². The molecule has 6 nitrogen and oxygen atoms in total. The molecule has 0 spiro atoms. The number of halogens is 1. The fourth-order valence-electron chi connectivity index (χ4n) is 1.09. The van der Waals surface area contributed by atoms with E-state index in [4.69, 9.17) is 23.1 Å². The van der Waals surface area contributed by atoms with E-state index in [1.165, 1.54) is 17.8 Å². The standard InChI is InChI=1S/C9H9ClN6S/c10-6-2-1-5(15-16-6)4-17-9-13-7(11)3-8(12)14-9/h1-3H,4H2,(H4,11,12,13,14). The summed E-state index contributed by atoms with van der Waals surface area (Å²) in [7, 11) is 0. The van der Waals surface area contributed by atoms with Crippen molar-refractivity contribution in [1.82, 2.24) is 20.2 Å². The Morgan fingerprint density at radius 3 is 2.41 bits per heavy atom. The van der Waals surface area contributed by atoms with Crippen LogP contribution in [0.3, 0.4) is 0 Å². The first kappa shape index (κ1) is 11.9. The molecule has 2 rings (SSSR count). The molecule has 0 aliphatic heterocycles. The van der Waals surface area contributed by atoms with Crippen LogP contribution in [0.15, 0.2) is 23.4 Å². The molecule has 0 aliphatic rings. The smallest absolute Gasteiger partial charge is 0.191 e. The minimum Gasteiger partial charge on any atom is -0.383 e. The molecule has 0 bridgehead atoms. The highest BCUT2D eigenvalue weighted by Crippen LogP contribution is 2.20. The van der Waals surface area contributed by atoms with Crippen LogP contribution in [-0.2, 0) is 5.75 Å². The molecule has 0 amide bonds. The molecule has 8 heteroatoms. The molecule has 0 unspecified atom stereocenters. The predicted octanol–water partition coefficient (Wildman–Crippen LogP) is 1.38. The number of rotatable bonds is 3. The minimum absolute atomic E-state index is 0.349. The van der Waals surface area contributed by atoms with Crippen molar-refractivity contribution in [3.63, 3.8) is 0 Å². The van der Waals surface area contributed by atoms with E-state index in [0.29, 0.717) is 27.7 Å². The van der Waals surface area contributed by atoms with E-state index in [-0.39, 0.29) is 0 Å². The normalized spacial score (nSPS) is 10.4. The molecular weight excluding hydrogens is 260 g/mol. The van der Waals surface area contributed by atoms with Crippen LogP contribution in [0.2, 0.25) is 5.15 Å². The van der Waals surface area contributed by atoms with Crippen molar-refractivity contribution in [2.24, 2.45) is 0 Å². The second-order valence-corrected chi connectivity index (χ2v) is 4.47. The van der Waals surface area contributed by atoms with Crippen LogP contribution in [0, 0.1) is 0 Å². The van der Waals surface area contributed by atoms with Gasteiger partial charge in [0, 0.05) is 11.8 Å². The van der Waals surface area contributed by atoms with Gasteiger partial charge in [-0.15, -0.1) is 5.10 Å². The van der Waals surface area contributed by atoms with Gasteiger partial charge >= 0.3 is 0 Å². The van der Waals surface area contributed by atoms with E-state index in [1.807, 2.05) is 0 Å². The number of aromatic nitrogens is 4. The van der Waals surface area contributed by atoms with Crippen molar-refractivity contribution in [1.29, 1.82) is 0 Å². The Bertz CT molecular complexity index is 497. The molecule has 0 aromatic carbocycles. The summed E-state index contributed by atoms with van der Waals surface area (Å²) in [5, 5.41) is 8.53. The summed E-state index contributed by atoms with van der Waals surface area (Å²) in [5.41, 5.74) is 11.9. The topological polar surface area (TPSA) is 104 Å². The monoisotopic (exact) mass is 268 g/mol. The Labute approximate surface area is 107 Å². The maximum atomic E-state index is 5.63. The molecule has 88 valence electrons. The molecule has 0 aliphatic carbocycles. The fourth-order valence-corrected chi connectivity index (χ4v) is 1.96. The van der Waals surface area contributed by atoms with Crippen LogP contribution >= 0.6 is 23.4 Å². The lowest BCUT2D eigenvalue weighted by Gasteiger charge is -2.02. The lowest BCUT2D eigenvalue weighted by molar-refractivity contribution is 0.957. The molecule has 0 fully saturated rings. The van der Waals surface area contributed by atoms with Gasteiger partial charge in [-0.05, 0) is 12.1 Å². The third kappa shape index (κ3) is 3.43. The first-order valence-electron chi connectivity index (χ1n) is 4.64. The van der Waals surface area contributed by atoms with Gasteiger partial charge in [-0.2, -0.15) is 5.10 Å². The predicted molar refractivity (Wildman–Crippen MR) is 67.5 cm³/mol. The molecule has 0 radical (unpaired) electrons. The molecule has 2 aromatic heterocycles. The van der Waals surface area contributed by atoms with Gasteiger partial charge in [0.2, 0.25) is 0 Å². The summed E-state index contributed by atoms with van der Waals surface area (Å²) in [6, 6.07) is 4.98. The van der Waals surface area contributed by atoms with E-state index in [0.717, 1.165) is 5.69 Å². The zero-order chi connectivity index (χ0) is 12.3. The summed E-state index contributed by atoms with van der Waals surface area (Å²) in [4.78, 5) is 8.08. The van der Waals surface area contributed by atoms with Gasteiger partial charge in [-0.1, -0.05) is 23.4 Å². The van der Waals surface area contributed by atoms with Gasteiger partial charge in [0.25, 0.3) is 0 Å². The number of nitrogens with zero attached hydrogens (tertiary/aromatic N) is 4. The van der Waals surface area contributed by atoms with E-state index in [1.54, 1.807) is 12.1 Å². The largest absolute Gasteiger partial charge is 0.383 e. The summed E-state index contributed by atoms with van der Waals surface area (Å²) < 4.78 is 0. The second-order valence-electron chi connectivity index (χ2n) is 3.14. The number of nitrogen functional groups attached to an aromatic ring is 2. The molecule has 0 saturated carbocycles. The first-order chi connectivity index (χ1) is 8.13. The van der Waals surface area contributed by atoms with Crippen molar-refractivity contribution in [3.05, 3.63) is 29.0 Å². The van der Waals surface area contributed by atoms with Crippen molar-refractivity contribution in [2.75, 3.05) is 11.5 Å². The highest BCUT2D eigenvalue weighted by molar-refractivity contribution is 7.98. The average molecular weight is 269 g/mol. The molecule has 2 heterocycles. The highest BCUT2D eigenvalue weighted by atomic mass is 35.5. The SMILES string of the molecule is Nc1cc(N)nc(SCc2ccc(Cl)nn2)n1. The number of anilines is 2. The van der Waals surface area contributed by atoms with Gasteiger partial charge < -0.3 is 11.5 Å². The average Bonchev–Trinajstić information content (AvgIpc) is 2.27. The van der Waals surface area contributed by atoms with Crippen molar-refractivity contribution in [3.8, 4) is 0 Å². The van der Waals surface area contributed by atoms with Crippen LogP contribution in [0.1, 0.15) is 5.69 Å². The van der Waals surface area contributed by atoms with Crippen LogP contribution in [0.4, 0.5) is 11.6 Å². The Hall–Kier alpha value is -1.60. The highest BCUT2D eigenvalue weighted by Gasteiger charge is 2.03. The first-order valence-corrected chi connectivity index (χ1v) is 6.01. The van der Waals surface area contributed by atoms with Crippen molar-refractivity contribution >= 4 is 35.0 Å². The Balaban J connectivity index is 2.04. The molecule has 4 N–H and O–H groups in total. The van der Waals surface area contributed by atoms with Crippen LogP contribution in [0.5, 0.6) is 0 Å². The number of nitrogens with two attached hydrogens (primary N) is 2. The molecule has 2 aromatic rings. The lowest BCUT2D eigenvalue weighted by atomic mass is 10.4. The molecule has 0 atom stereocenters.